The minimum atomic E-state index is 0.122. The normalized spacial score (nSPS) is 11.9. The Morgan fingerprint density at radius 3 is 2.35 bits per heavy atom. The Hall–Kier alpha value is -0.790. The molecule has 0 aliphatic carbocycles. The van der Waals surface area contributed by atoms with Gasteiger partial charge in [0.1, 0.15) is 0 Å². The summed E-state index contributed by atoms with van der Waals surface area (Å²) in [5.41, 5.74) is 0.946. The number of carbonyl (C=O) groups excluding carboxylic acids is 1. The molecule has 0 rings (SSSR count). The highest BCUT2D eigenvalue weighted by Crippen LogP contribution is 2.11. The van der Waals surface area contributed by atoms with Crippen molar-refractivity contribution in [3.8, 4) is 0 Å². The third kappa shape index (κ3) is 8.96. The van der Waals surface area contributed by atoms with E-state index in [2.05, 4.69) is 26.1 Å². The quantitative estimate of drug-likeness (QED) is 0.477. The first-order valence-corrected chi connectivity index (χ1v) is 7.05. The summed E-state index contributed by atoms with van der Waals surface area (Å²) in [5.74, 6) is 0.637. The lowest BCUT2D eigenvalue weighted by Crippen LogP contribution is -2.28. The molecule has 2 heteroatoms. The van der Waals surface area contributed by atoms with Crippen molar-refractivity contribution in [1.82, 2.24) is 5.32 Å². The fourth-order valence-corrected chi connectivity index (χ4v) is 1.72. The van der Waals surface area contributed by atoms with Gasteiger partial charge in [-0.05, 0) is 25.7 Å². The first-order chi connectivity index (χ1) is 8.11. The van der Waals surface area contributed by atoms with Crippen LogP contribution in [0.15, 0.2) is 11.6 Å². The molecule has 0 spiro atoms. The minimum absolute atomic E-state index is 0.122. The van der Waals surface area contributed by atoms with Gasteiger partial charge in [0.15, 0.2) is 0 Å². The van der Waals surface area contributed by atoms with Gasteiger partial charge >= 0.3 is 0 Å². The minimum Gasteiger partial charge on any atom is -0.352 e. The molecule has 0 heterocycles. The molecule has 0 aromatic rings. The molecule has 2 nitrogen and oxygen atoms in total. The molecule has 0 aromatic heterocycles. The van der Waals surface area contributed by atoms with Crippen LogP contribution in [0.4, 0.5) is 0 Å². The topological polar surface area (TPSA) is 29.1 Å². The van der Waals surface area contributed by atoms with E-state index in [1.807, 2.05) is 13.0 Å². The van der Waals surface area contributed by atoms with E-state index in [0.29, 0.717) is 5.92 Å². The maximum Gasteiger partial charge on any atom is 0.246 e. The molecule has 0 aliphatic rings. The van der Waals surface area contributed by atoms with E-state index in [1.165, 1.54) is 25.7 Å². The van der Waals surface area contributed by atoms with Crippen LogP contribution >= 0.6 is 0 Å². The summed E-state index contributed by atoms with van der Waals surface area (Å²) in [6.45, 7) is 9.17. The molecule has 0 bridgehead atoms. The second-order valence-electron chi connectivity index (χ2n) is 5.08. The largest absolute Gasteiger partial charge is 0.352 e. The number of carbonyl (C=O) groups is 1. The summed E-state index contributed by atoms with van der Waals surface area (Å²) in [5, 5.41) is 2.98. The SMILES string of the molecule is CC=C(CCCCCCC)C(=O)NCC(C)C. The van der Waals surface area contributed by atoms with Crippen molar-refractivity contribution in [2.75, 3.05) is 6.54 Å². The molecule has 0 aliphatic heterocycles. The van der Waals surface area contributed by atoms with Gasteiger partial charge in [0.25, 0.3) is 0 Å². The van der Waals surface area contributed by atoms with E-state index < -0.39 is 0 Å². The Morgan fingerprint density at radius 1 is 1.18 bits per heavy atom. The lowest BCUT2D eigenvalue weighted by molar-refractivity contribution is -0.117. The van der Waals surface area contributed by atoms with Gasteiger partial charge in [0, 0.05) is 12.1 Å². The summed E-state index contributed by atoms with van der Waals surface area (Å²) < 4.78 is 0. The Bertz CT molecular complexity index is 231. The van der Waals surface area contributed by atoms with Gasteiger partial charge in [-0.1, -0.05) is 52.5 Å². The lowest BCUT2D eigenvalue weighted by Gasteiger charge is -2.10. The van der Waals surface area contributed by atoms with Crippen LogP contribution in [-0.2, 0) is 4.79 Å². The van der Waals surface area contributed by atoms with Crippen LogP contribution in [0.2, 0.25) is 0 Å². The van der Waals surface area contributed by atoms with E-state index in [9.17, 15) is 4.79 Å². The van der Waals surface area contributed by atoms with E-state index in [1.54, 1.807) is 0 Å². The molecule has 0 radical (unpaired) electrons. The first-order valence-electron chi connectivity index (χ1n) is 7.05. The van der Waals surface area contributed by atoms with Crippen molar-refractivity contribution in [2.24, 2.45) is 5.92 Å². The fourth-order valence-electron chi connectivity index (χ4n) is 1.72. The molecule has 0 fully saturated rings. The average Bonchev–Trinajstić information content (AvgIpc) is 2.31. The monoisotopic (exact) mass is 239 g/mol. The Balaban J connectivity index is 3.79. The van der Waals surface area contributed by atoms with Crippen LogP contribution in [0.3, 0.4) is 0 Å². The third-order valence-electron chi connectivity index (χ3n) is 2.86. The van der Waals surface area contributed by atoms with Crippen molar-refractivity contribution in [1.29, 1.82) is 0 Å². The van der Waals surface area contributed by atoms with Gasteiger partial charge < -0.3 is 5.32 Å². The van der Waals surface area contributed by atoms with Crippen LogP contribution in [0.5, 0.6) is 0 Å². The maximum atomic E-state index is 11.8. The molecule has 0 atom stereocenters. The van der Waals surface area contributed by atoms with Crippen molar-refractivity contribution in [3.05, 3.63) is 11.6 Å². The number of rotatable bonds is 9. The van der Waals surface area contributed by atoms with Crippen molar-refractivity contribution in [2.45, 2.75) is 66.2 Å². The van der Waals surface area contributed by atoms with Crippen LogP contribution < -0.4 is 5.32 Å². The number of hydrogen-bond donors (Lipinski definition) is 1. The molecule has 1 N–H and O–H groups in total. The van der Waals surface area contributed by atoms with E-state index in [-0.39, 0.29) is 5.91 Å². The Morgan fingerprint density at radius 2 is 1.82 bits per heavy atom. The molecule has 1 amide bonds. The van der Waals surface area contributed by atoms with Gasteiger partial charge in [-0.25, -0.2) is 0 Å². The fraction of sp³-hybridized carbons (Fsp3) is 0.800. The third-order valence-corrected chi connectivity index (χ3v) is 2.86. The van der Waals surface area contributed by atoms with Crippen molar-refractivity contribution >= 4 is 5.91 Å². The van der Waals surface area contributed by atoms with Crippen molar-refractivity contribution in [3.63, 3.8) is 0 Å². The van der Waals surface area contributed by atoms with E-state index in [4.69, 9.17) is 0 Å². The summed E-state index contributed by atoms with van der Waals surface area (Å²) in [4.78, 5) is 11.8. The lowest BCUT2D eigenvalue weighted by atomic mass is 10.0. The molecule has 0 saturated heterocycles. The predicted octanol–water partition coefficient (Wildman–Crippen LogP) is 4.07. The molecular weight excluding hydrogens is 210 g/mol. The van der Waals surface area contributed by atoms with Gasteiger partial charge in [-0.3, -0.25) is 4.79 Å². The Labute approximate surface area is 107 Å². The summed E-state index contributed by atoms with van der Waals surface area (Å²) in [7, 11) is 0. The van der Waals surface area contributed by atoms with Gasteiger partial charge in [-0.2, -0.15) is 0 Å². The number of unbranched alkanes of at least 4 members (excludes halogenated alkanes) is 4. The zero-order chi connectivity index (χ0) is 13.1. The highest BCUT2D eigenvalue weighted by molar-refractivity contribution is 5.93. The highest BCUT2D eigenvalue weighted by Gasteiger charge is 2.07. The number of hydrogen-bond acceptors (Lipinski definition) is 1. The van der Waals surface area contributed by atoms with Crippen LogP contribution in [-0.4, -0.2) is 12.5 Å². The second kappa shape index (κ2) is 10.4. The molecule has 0 aromatic carbocycles. The zero-order valence-electron chi connectivity index (χ0n) is 12.0. The summed E-state index contributed by atoms with van der Waals surface area (Å²) >= 11 is 0. The van der Waals surface area contributed by atoms with Crippen LogP contribution in [0.25, 0.3) is 0 Å². The molecule has 0 saturated carbocycles. The molecule has 100 valence electrons. The number of amides is 1. The summed E-state index contributed by atoms with van der Waals surface area (Å²) in [6.07, 6.45) is 9.12. The van der Waals surface area contributed by atoms with Crippen LogP contribution in [0, 0.1) is 5.92 Å². The first kappa shape index (κ1) is 16.2. The standard InChI is InChI=1S/C15H29NO/c1-5-7-8-9-10-11-14(6-2)15(17)16-12-13(3)4/h6,13H,5,7-12H2,1-4H3,(H,16,17). The maximum absolute atomic E-state index is 11.8. The number of nitrogens with one attached hydrogen (secondary N) is 1. The zero-order valence-corrected chi connectivity index (χ0v) is 12.0. The van der Waals surface area contributed by atoms with Gasteiger partial charge in [-0.15, -0.1) is 0 Å². The molecule has 0 unspecified atom stereocenters. The van der Waals surface area contributed by atoms with E-state index >= 15 is 0 Å². The number of allylic oxidation sites excluding steroid dienone is 1. The average molecular weight is 239 g/mol. The predicted molar refractivity (Wildman–Crippen MR) is 75.0 cm³/mol. The highest BCUT2D eigenvalue weighted by atomic mass is 16.1. The second-order valence-corrected chi connectivity index (χ2v) is 5.08. The molecular formula is C15H29NO. The van der Waals surface area contributed by atoms with Crippen LogP contribution in [0.1, 0.15) is 66.2 Å². The van der Waals surface area contributed by atoms with Crippen molar-refractivity contribution < 1.29 is 4.79 Å². The van der Waals surface area contributed by atoms with Gasteiger partial charge in [0.2, 0.25) is 5.91 Å². The Kier molecular flexibility index (Phi) is 9.89. The smallest absolute Gasteiger partial charge is 0.246 e. The molecule has 17 heavy (non-hydrogen) atoms. The summed E-state index contributed by atoms with van der Waals surface area (Å²) in [6, 6.07) is 0. The van der Waals surface area contributed by atoms with E-state index in [0.717, 1.165) is 25.0 Å². The van der Waals surface area contributed by atoms with Gasteiger partial charge in [0.05, 0.1) is 0 Å².